The fourth-order valence-electron chi connectivity index (χ4n) is 0.445. The zero-order chi connectivity index (χ0) is 6.41. The monoisotopic (exact) mass is 119 g/mol. The van der Waals surface area contributed by atoms with Crippen molar-refractivity contribution in [3.63, 3.8) is 0 Å². The molecule has 2 heteroatoms. The number of rotatable bonds is 4. The molecule has 50 valence electrons. The summed E-state index contributed by atoms with van der Waals surface area (Å²) in [5.41, 5.74) is 0. The number of halogens is 1. The second-order valence-corrected chi connectivity index (χ2v) is 1.95. The van der Waals surface area contributed by atoms with E-state index < -0.39 is 0 Å². The van der Waals surface area contributed by atoms with Gasteiger partial charge < -0.3 is 5.32 Å². The Bertz CT molecular complexity index is 47.8. The van der Waals surface area contributed by atoms with E-state index in [4.69, 9.17) is 0 Å². The maximum Gasteiger partial charge on any atom is 0.102 e. The Kier molecular flexibility index (Phi) is 4.97. The Morgan fingerprint density at radius 2 is 2.25 bits per heavy atom. The molecule has 0 spiro atoms. The number of alkyl halides is 1. The number of hydrogen-bond donors (Lipinski definition) is 1. The standard InChI is InChI=1S/C6H14FN/c1-3-6(2)8-5-4-7/h6,8H,3-5H2,1-2H3/t6-/m1/s1. The summed E-state index contributed by atoms with van der Waals surface area (Å²) < 4.78 is 11.4. The molecule has 1 atom stereocenters. The third-order valence-corrected chi connectivity index (χ3v) is 1.20. The highest BCUT2D eigenvalue weighted by Gasteiger charge is 1.93. The van der Waals surface area contributed by atoms with Gasteiger partial charge in [-0.25, -0.2) is 4.39 Å². The van der Waals surface area contributed by atoms with Gasteiger partial charge in [0.25, 0.3) is 0 Å². The van der Waals surface area contributed by atoms with E-state index >= 15 is 0 Å². The van der Waals surface area contributed by atoms with E-state index in [1.165, 1.54) is 0 Å². The fraction of sp³-hybridized carbons (Fsp3) is 1.00. The van der Waals surface area contributed by atoms with Crippen molar-refractivity contribution < 1.29 is 4.39 Å². The van der Waals surface area contributed by atoms with Gasteiger partial charge in [0, 0.05) is 12.6 Å². The molecule has 0 aromatic heterocycles. The Morgan fingerprint density at radius 1 is 1.62 bits per heavy atom. The van der Waals surface area contributed by atoms with E-state index in [1.807, 2.05) is 0 Å². The van der Waals surface area contributed by atoms with Crippen LogP contribution in [0.15, 0.2) is 0 Å². The number of hydrogen-bond acceptors (Lipinski definition) is 1. The maximum absolute atomic E-state index is 11.4. The van der Waals surface area contributed by atoms with Crippen molar-refractivity contribution in [2.45, 2.75) is 26.3 Å². The molecule has 1 nitrogen and oxygen atoms in total. The van der Waals surface area contributed by atoms with Gasteiger partial charge in [0.2, 0.25) is 0 Å². The zero-order valence-corrected chi connectivity index (χ0v) is 5.58. The molecule has 8 heavy (non-hydrogen) atoms. The predicted molar refractivity (Wildman–Crippen MR) is 33.7 cm³/mol. The Balaban J connectivity index is 2.86. The fourth-order valence-corrected chi connectivity index (χ4v) is 0.445. The molecule has 0 amide bonds. The van der Waals surface area contributed by atoms with Crippen LogP contribution in [0.4, 0.5) is 4.39 Å². The summed E-state index contributed by atoms with van der Waals surface area (Å²) in [6.07, 6.45) is 1.07. The summed E-state index contributed by atoms with van der Waals surface area (Å²) in [6, 6.07) is 0.464. The second kappa shape index (κ2) is 5.04. The van der Waals surface area contributed by atoms with Crippen LogP contribution in [0.1, 0.15) is 20.3 Å². The second-order valence-electron chi connectivity index (χ2n) is 1.95. The van der Waals surface area contributed by atoms with Crippen molar-refractivity contribution >= 4 is 0 Å². The minimum atomic E-state index is -0.260. The van der Waals surface area contributed by atoms with Crippen molar-refractivity contribution in [2.24, 2.45) is 0 Å². The topological polar surface area (TPSA) is 12.0 Å². The molecule has 0 aliphatic heterocycles. The van der Waals surface area contributed by atoms with Crippen LogP contribution in [-0.4, -0.2) is 19.3 Å². The molecule has 0 aromatic carbocycles. The minimum absolute atomic E-state index is 0.260. The summed E-state index contributed by atoms with van der Waals surface area (Å²) in [6.45, 7) is 4.37. The van der Waals surface area contributed by atoms with E-state index in [1.54, 1.807) is 0 Å². The summed E-state index contributed by atoms with van der Waals surface area (Å²) in [7, 11) is 0. The van der Waals surface area contributed by atoms with Gasteiger partial charge in [-0.2, -0.15) is 0 Å². The van der Waals surface area contributed by atoms with Gasteiger partial charge >= 0.3 is 0 Å². The Labute approximate surface area is 50.3 Å². The van der Waals surface area contributed by atoms with Crippen LogP contribution in [0.2, 0.25) is 0 Å². The average molecular weight is 119 g/mol. The van der Waals surface area contributed by atoms with E-state index in [9.17, 15) is 4.39 Å². The summed E-state index contributed by atoms with van der Waals surface area (Å²) in [4.78, 5) is 0. The lowest BCUT2D eigenvalue weighted by atomic mass is 10.3. The first-order valence-corrected chi connectivity index (χ1v) is 3.10. The lowest BCUT2D eigenvalue weighted by Crippen LogP contribution is -2.26. The molecule has 0 aromatic rings. The molecule has 0 bridgehead atoms. The van der Waals surface area contributed by atoms with Gasteiger partial charge in [-0.1, -0.05) is 6.92 Å². The van der Waals surface area contributed by atoms with E-state index in [0.29, 0.717) is 12.6 Å². The summed E-state index contributed by atoms with van der Waals surface area (Å²) >= 11 is 0. The highest BCUT2D eigenvalue weighted by atomic mass is 19.1. The Morgan fingerprint density at radius 3 is 2.62 bits per heavy atom. The van der Waals surface area contributed by atoms with Crippen molar-refractivity contribution in [1.82, 2.24) is 5.32 Å². The molecule has 0 aliphatic carbocycles. The average Bonchev–Trinajstić information content (AvgIpc) is 1.83. The van der Waals surface area contributed by atoms with Gasteiger partial charge in [-0.3, -0.25) is 0 Å². The molecule has 0 rings (SSSR count). The maximum atomic E-state index is 11.4. The van der Waals surface area contributed by atoms with Crippen LogP contribution < -0.4 is 5.32 Å². The summed E-state index contributed by atoms with van der Waals surface area (Å²) in [5.74, 6) is 0. The third kappa shape index (κ3) is 4.06. The normalized spacial score (nSPS) is 13.9. The molecule has 0 unspecified atom stereocenters. The van der Waals surface area contributed by atoms with Gasteiger partial charge in [-0.05, 0) is 13.3 Å². The van der Waals surface area contributed by atoms with Crippen LogP contribution in [0.5, 0.6) is 0 Å². The molecule has 0 heterocycles. The van der Waals surface area contributed by atoms with Crippen molar-refractivity contribution in [2.75, 3.05) is 13.2 Å². The van der Waals surface area contributed by atoms with E-state index in [-0.39, 0.29) is 6.67 Å². The minimum Gasteiger partial charge on any atom is -0.312 e. The van der Waals surface area contributed by atoms with E-state index in [0.717, 1.165) is 6.42 Å². The first-order valence-electron chi connectivity index (χ1n) is 3.10. The molecule has 0 saturated heterocycles. The molecule has 0 fully saturated rings. The highest BCUT2D eigenvalue weighted by molar-refractivity contribution is 4.55. The predicted octanol–water partition coefficient (Wildman–Crippen LogP) is 1.34. The van der Waals surface area contributed by atoms with E-state index in [2.05, 4.69) is 19.2 Å². The summed E-state index contributed by atoms with van der Waals surface area (Å²) in [5, 5.41) is 3.01. The lowest BCUT2D eigenvalue weighted by Gasteiger charge is -2.07. The van der Waals surface area contributed by atoms with Gasteiger partial charge in [0.05, 0.1) is 0 Å². The molecule has 0 saturated carbocycles. The van der Waals surface area contributed by atoms with Gasteiger partial charge in [0.1, 0.15) is 6.67 Å². The van der Waals surface area contributed by atoms with Crippen LogP contribution >= 0.6 is 0 Å². The lowest BCUT2D eigenvalue weighted by molar-refractivity contribution is 0.435. The van der Waals surface area contributed by atoms with Crippen LogP contribution in [0.25, 0.3) is 0 Å². The number of nitrogens with one attached hydrogen (secondary N) is 1. The van der Waals surface area contributed by atoms with Crippen LogP contribution in [-0.2, 0) is 0 Å². The molecular weight excluding hydrogens is 105 g/mol. The third-order valence-electron chi connectivity index (χ3n) is 1.20. The molecule has 0 aliphatic rings. The molecular formula is C6H14FN. The first kappa shape index (κ1) is 7.89. The Hall–Kier alpha value is -0.110. The van der Waals surface area contributed by atoms with Gasteiger partial charge in [-0.15, -0.1) is 0 Å². The zero-order valence-electron chi connectivity index (χ0n) is 5.58. The molecule has 1 N–H and O–H groups in total. The highest BCUT2D eigenvalue weighted by Crippen LogP contribution is 1.85. The van der Waals surface area contributed by atoms with Crippen molar-refractivity contribution in [1.29, 1.82) is 0 Å². The molecule has 0 radical (unpaired) electrons. The SMILES string of the molecule is CC[C@@H](C)NCCF. The largest absolute Gasteiger partial charge is 0.312 e. The van der Waals surface area contributed by atoms with Crippen LogP contribution in [0, 0.1) is 0 Å². The van der Waals surface area contributed by atoms with Gasteiger partial charge in [0.15, 0.2) is 0 Å². The van der Waals surface area contributed by atoms with Crippen molar-refractivity contribution in [3.05, 3.63) is 0 Å². The smallest absolute Gasteiger partial charge is 0.102 e. The van der Waals surface area contributed by atoms with Crippen LogP contribution in [0.3, 0.4) is 0 Å². The first-order chi connectivity index (χ1) is 3.81. The quantitative estimate of drug-likeness (QED) is 0.589. The van der Waals surface area contributed by atoms with Crippen molar-refractivity contribution in [3.8, 4) is 0 Å².